The molecule has 1 saturated heterocycles. The fraction of sp³-hybridized carbons (Fsp3) is 0.579. The average Bonchev–Trinajstić information content (AvgIpc) is 3.56. The molecule has 14 nitrogen and oxygen atoms in total. The minimum absolute atomic E-state index is 0.0548. The number of unbranched alkanes of at least 4 members (excludes halogenated alkanes) is 1. The molecule has 0 radical (unpaired) electrons. The highest BCUT2D eigenvalue weighted by atomic mass is 16.3. The third kappa shape index (κ3) is 13.7. The quantitative estimate of drug-likeness (QED) is 0.0646. The summed E-state index contributed by atoms with van der Waals surface area (Å²) in [5, 5.41) is 29.5. The summed E-state index contributed by atoms with van der Waals surface area (Å²) in [6.45, 7) is 7.24. The molecule has 4 unspecified atom stereocenters. The summed E-state index contributed by atoms with van der Waals surface area (Å²) < 4.78 is 0. The molecule has 0 aromatic heterocycles. The molecule has 2 aromatic carbocycles. The molecular weight excluding hydrogens is 664 g/mol. The molecule has 14 heteroatoms. The van der Waals surface area contributed by atoms with Gasteiger partial charge in [-0.05, 0) is 69.0 Å². The summed E-state index contributed by atoms with van der Waals surface area (Å²) in [6, 6.07) is 10.9. The highest BCUT2D eigenvalue weighted by Crippen LogP contribution is 2.27. The van der Waals surface area contributed by atoms with Crippen LogP contribution in [0.4, 0.5) is 0 Å². The Kier molecular flexibility index (Phi) is 18.6. The number of nitrogens with two attached hydrogens (primary N) is 4. The van der Waals surface area contributed by atoms with Crippen LogP contribution < -0.4 is 33.7 Å². The lowest BCUT2D eigenvalue weighted by Gasteiger charge is -2.34. The topological polar surface area (TPSA) is 243 Å². The average molecular weight is 727 g/mol. The lowest BCUT2D eigenvalue weighted by molar-refractivity contribution is -0.138. The van der Waals surface area contributed by atoms with Crippen molar-refractivity contribution >= 4 is 34.9 Å². The van der Waals surface area contributed by atoms with Crippen molar-refractivity contribution in [3.8, 4) is 0 Å². The zero-order valence-electron chi connectivity index (χ0n) is 31.3. The Hall–Kier alpha value is -4.24. The molecule has 1 saturated carbocycles. The number of hydrazine groups is 1. The molecule has 4 rings (SSSR count). The van der Waals surface area contributed by atoms with Crippen LogP contribution in [0.2, 0.25) is 0 Å². The Balaban J connectivity index is 0.000000812. The maximum atomic E-state index is 13.5. The van der Waals surface area contributed by atoms with Crippen molar-refractivity contribution in [2.24, 2.45) is 29.0 Å². The summed E-state index contributed by atoms with van der Waals surface area (Å²) in [6.07, 6.45) is 10.2. The number of carbonyl (C=O) groups is 4. The van der Waals surface area contributed by atoms with Gasteiger partial charge in [0.05, 0.1) is 30.4 Å². The highest BCUT2D eigenvalue weighted by Gasteiger charge is 2.43. The van der Waals surface area contributed by atoms with Crippen LogP contribution in [0.1, 0.15) is 95.8 Å². The number of hydrogen-bond acceptors (Lipinski definition) is 10. The zero-order chi connectivity index (χ0) is 38.8. The molecule has 12 N–H and O–H groups in total. The minimum atomic E-state index is -1.37. The van der Waals surface area contributed by atoms with Gasteiger partial charge in [-0.25, -0.2) is 5.84 Å². The predicted octanol–water partition coefficient (Wildman–Crippen LogP) is 1.97. The van der Waals surface area contributed by atoms with E-state index in [1.54, 1.807) is 19.1 Å². The summed E-state index contributed by atoms with van der Waals surface area (Å²) in [4.78, 5) is 49.8. The first-order valence-corrected chi connectivity index (χ1v) is 18.3. The molecule has 2 aromatic rings. The van der Waals surface area contributed by atoms with Crippen molar-refractivity contribution in [1.29, 1.82) is 0 Å². The SMILES string of the molecule is CC(O)C(CCCCN)NC(=O)C1CC(N(N)/C(=C\N)C(C)(C)O)CN1C(=O)CNC(=O)c1ccc2ccccc2c1.CC1CCCCC1.NC=O. The summed E-state index contributed by atoms with van der Waals surface area (Å²) >= 11 is 0. The first kappa shape index (κ1) is 43.9. The molecule has 4 atom stereocenters. The van der Waals surface area contributed by atoms with E-state index in [4.69, 9.17) is 22.1 Å². The van der Waals surface area contributed by atoms with Gasteiger partial charge in [-0.15, -0.1) is 0 Å². The number of carbonyl (C=O) groups excluding carboxylic acids is 4. The van der Waals surface area contributed by atoms with E-state index < -0.39 is 47.6 Å². The molecule has 1 aliphatic carbocycles. The highest BCUT2D eigenvalue weighted by molar-refractivity contribution is 6.00. The number of amides is 4. The van der Waals surface area contributed by atoms with Gasteiger partial charge >= 0.3 is 0 Å². The number of primary amides is 1. The second-order valence-corrected chi connectivity index (χ2v) is 14.2. The van der Waals surface area contributed by atoms with Crippen LogP contribution in [-0.4, -0.2) is 93.7 Å². The molecule has 2 aliphatic rings. The lowest BCUT2D eigenvalue weighted by atomic mass is 9.91. The molecule has 1 heterocycles. The van der Waals surface area contributed by atoms with Crippen molar-refractivity contribution in [2.75, 3.05) is 19.6 Å². The Bertz CT molecular complexity index is 1460. The number of aliphatic hydroxyl groups is 2. The summed E-state index contributed by atoms with van der Waals surface area (Å²) in [5.74, 6) is 6.05. The van der Waals surface area contributed by atoms with Crippen LogP contribution in [0.25, 0.3) is 10.8 Å². The van der Waals surface area contributed by atoms with Gasteiger partial charge in [0.1, 0.15) is 11.6 Å². The Morgan fingerprint density at radius 1 is 1.06 bits per heavy atom. The van der Waals surface area contributed by atoms with Crippen molar-refractivity contribution in [2.45, 2.75) is 115 Å². The molecule has 0 bridgehead atoms. The fourth-order valence-corrected chi connectivity index (χ4v) is 6.56. The maximum absolute atomic E-state index is 13.5. The molecule has 4 amide bonds. The number of aliphatic hydroxyl groups excluding tert-OH is 1. The zero-order valence-corrected chi connectivity index (χ0v) is 31.3. The Labute approximate surface area is 308 Å². The molecule has 290 valence electrons. The first-order valence-electron chi connectivity index (χ1n) is 18.3. The van der Waals surface area contributed by atoms with Gasteiger partial charge in [0.25, 0.3) is 5.91 Å². The van der Waals surface area contributed by atoms with Gasteiger partial charge < -0.3 is 48.0 Å². The first-order chi connectivity index (χ1) is 24.7. The monoisotopic (exact) mass is 726 g/mol. The molecule has 2 fully saturated rings. The van der Waals surface area contributed by atoms with Gasteiger partial charge in [0.2, 0.25) is 18.2 Å². The van der Waals surface area contributed by atoms with Gasteiger partial charge in [-0.3, -0.25) is 19.2 Å². The van der Waals surface area contributed by atoms with E-state index in [1.807, 2.05) is 30.3 Å². The third-order valence-electron chi connectivity index (χ3n) is 9.54. The number of hydrogen-bond donors (Lipinski definition) is 8. The van der Waals surface area contributed by atoms with Gasteiger partial charge in [-0.1, -0.05) is 75.8 Å². The van der Waals surface area contributed by atoms with Crippen molar-refractivity contribution < 1.29 is 29.4 Å². The number of likely N-dealkylation sites (tertiary alicyclic amines) is 1. The smallest absolute Gasteiger partial charge is 0.251 e. The fourth-order valence-electron chi connectivity index (χ4n) is 6.56. The van der Waals surface area contributed by atoms with Crippen LogP contribution in [0.5, 0.6) is 0 Å². The normalized spacial score (nSPS) is 18.9. The molecular formula is C38H62N8O6. The van der Waals surface area contributed by atoms with Crippen molar-refractivity contribution in [3.63, 3.8) is 0 Å². The number of benzene rings is 2. The molecule has 0 spiro atoms. The van der Waals surface area contributed by atoms with Gasteiger partial charge in [0.15, 0.2) is 0 Å². The van der Waals surface area contributed by atoms with Crippen LogP contribution in [0.3, 0.4) is 0 Å². The second kappa shape index (κ2) is 22.0. The summed E-state index contributed by atoms with van der Waals surface area (Å²) in [5.41, 5.74) is 14.8. The van der Waals surface area contributed by atoms with E-state index in [0.29, 0.717) is 18.5 Å². The maximum Gasteiger partial charge on any atom is 0.251 e. The largest absolute Gasteiger partial charge is 0.403 e. The Morgan fingerprint density at radius 2 is 1.69 bits per heavy atom. The molecule has 1 aliphatic heterocycles. The van der Waals surface area contributed by atoms with Crippen LogP contribution >= 0.6 is 0 Å². The van der Waals surface area contributed by atoms with E-state index in [0.717, 1.165) is 29.5 Å². The third-order valence-corrected chi connectivity index (χ3v) is 9.54. The van der Waals surface area contributed by atoms with Gasteiger partial charge in [0, 0.05) is 24.7 Å². The second-order valence-electron chi connectivity index (χ2n) is 14.2. The van der Waals surface area contributed by atoms with Crippen molar-refractivity contribution in [3.05, 3.63) is 59.9 Å². The number of nitrogens with zero attached hydrogens (tertiary/aromatic N) is 2. The minimum Gasteiger partial charge on any atom is -0.403 e. The van der Waals surface area contributed by atoms with E-state index >= 15 is 0 Å². The van der Waals surface area contributed by atoms with Crippen molar-refractivity contribution in [1.82, 2.24) is 20.5 Å². The lowest BCUT2D eigenvalue weighted by Crippen LogP contribution is -2.52. The predicted molar refractivity (Wildman–Crippen MR) is 204 cm³/mol. The number of nitrogens with one attached hydrogen (secondary N) is 2. The van der Waals surface area contributed by atoms with Crippen LogP contribution in [-0.2, 0) is 14.4 Å². The summed E-state index contributed by atoms with van der Waals surface area (Å²) in [7, 11) is 0. The standard InChI is InChI=1S/C30H45N7O5.C7H14.CH3NO/c1-19(38)24(10-6-7-13-31)35-29(41)25-15-23(37(33)26(16-32)30(2,3)42)18-36(25)27(39)17-34-28(40)22-12-11-20-8-4-5-9-21(20)14-22;1-7-5-3-2-4-6-7;2-1-3/h4-5,8-9,11-12,14,16,19,23-25,38,42H,6-7,10,13,15,17-18,31-33H2,1-3H3,(H,34,40)(H,35,41);7H,2-6H2,1H3;1H,(H2,2,3)/b26-16-;;. The molecule has 52 heavy (non-hydrogen) atoms. The van der Waals surface area contributed by atoms with E-state index in [9.17, 15) is 24.6 Å². The van der Waals surface area contributed by atoms with E-state index in [-0.39, 0.29) is 31.6 Å². The number of rotatable bonds is 13. The van der Waals surface area contributed by atoms with E-state index in [1.165, 1.54) is 62.1 Å². The van der Waals surface area contributed by atoms with Crippen LogP contribution in [0, 0.1) is 5.92 Å². The number of fused-ring (bicyclic) bond motifs is 1. The van der Waals surface area contributed by atoms with Crippen LogP contribution in [0.15, 0.2) is 54.4 Å². The van der Waals surface area contributed by atoms with Gasteiger partial charge in [-0.2, -0.15) is 0 Å². The van der Waals surface area contributed by atoms with E-state index in [2.05, 4.69) is 23.3 Å². The Morgan fingerprint density at radius 3 is 2.23 bits per heavy atom.